The molecule has 0 heterocycles. The smallest absolute Gasteiger partial charge is 0.248 e. The van der Waals surface area contributed by atoms with Crippen LogP contribution in [-0.4, -0.2) is 46.4 Å². The van der Waals surface area contributed by atoms with Gasteiger partial charge in [-0.3, -0.25) is 4.79 Å². The molecule has 0 spiro atoms. The summed E-state index contributed by atoms with van der Waals surface area (Å²) in [5.74, 6) is -0.651. The maximum atomic E-state index is 12.1. The van der Waals surface area contributed by atoms with Gasteiger partial charge in [-0.2, -0.15) is 0 Å². The van der Waals surface area contributed by atoms with Crippen molar-refractivity contribution in [3.05, 3.63) is 23.8 Å². The Kier molecular flexibility index (Phi) is 6.13. The Hall–Kier alpha value is -1.64. The third kappa shape index (κ3) is 5.33. The van der Waals surface area contributed by atoms with Crippen LogP contribution in [0.25, 0.3) is 0 Å². The van der Waals surface area contributed by atoms with Crippen molar-refractivity contribution >= 4 is 21.6 Å². The van der Waals surface area contributed by atoms with Gasteiger partial charge in [0.05, 0.1) is 5.69 Å². The van der Waals surface area contributed by atoms with Crippen molar-refractivity contribution in [1.29, 1.82) is 0 Å². The van der Waals surface area contributed by atoms with Crippen molar-refractivity contribution in [3.8, 4) is 0 Å². The van der Waals surface area contributed by atoms with Crippen molar-refractivity contribution < 1.29 is 13.2 Å². The Labute approximate surface area is 125 Å². The van der Waals surface area contributed by atoms with Crippen molar-refractivity contribution in [2.45, 2.75) is 17.7 Å². The lowest BCUT2D eigenvalue weighted by molar-refractivity contribution is 0.1000. The predicted molar refractivity (Wildman–Crippen MR) is 82.3 cm³/mol. The van der Waals surface area contributed by atoms with E-state index in [-0.39, 0.29) is 16.1 Å². The number of carbonyl (C=O) groups is 1. The first kappa shape index (κ1) is 17.4. The van der Waals surface area contributed by atoms with E-state index < -0.39 is 15.9 Å². The predicted octanol–water partition coefficient (Wildman–Crippen LogP) is -0.0122. The summed E-state index contributed by atoms with van der Waals surface area (Å²) in [5.41, 5.74) is 11.0. The molecule has 1 aromatic rings. The lowest BCUT2D eigenvalue weighted by atomic mass is 10.2. The van der Waals surface area contributed by atoms with Crippen LogP contribution in [0.4, 0.5) is 5.69 Å². The number of hydrogen-bond donors (Lipinski definition) is 3. The molecule has 0 fully saturated rings. The van der Waals surface area contributed by atoms with E-state index in [1.807, 2.05) is 19.0 Å². The Morgan fingerprint density at radius 3 is 2.48 bits per heavy atom. The van der Waals surface area contributed by atoms with E-state index in [0.717, 1.165) is 19.4 Å². The van der Waals surface area contributed by atoms with E-state index in [2.05, 4.69) is 4.72 Å². The summed E-state index contributed by atoms with van der Waals surface area (Å²) < 4.78 is 26.7. The second kappa shape index (κ2) is 7.39. The minimum atomic E-state index is -3.67. The number of nitrogens with two attached hydrogens (primary N) is 2. The number of sulfonamides is 1. The van der Waals surface area contributed by atoms with Gasteiger partial charge in [-0.15, -0.1) is 0 Å². The van der Waals surface area contributed by atoms with Gasteiger partial charge < -0.3 is 16.4 Å². The highest BCUT2D eigenvalue weighted by Gasteiger charge is 2.17. The lowest BCUT2D eigenvalue weighted by Crippen LogP contribution is -2.26. The number of nitrogens with one attached hydrogen (secondary N) is 1. The SMILES string of the molecule is CN(C)CCCCNS(=O)(=O)c1ccc(C(N)=O)cc1N. The third-order valence-electron chi connectivity index (χ3n) is 2.91. The summed E-state index contributed by atoms with van der Waals surface area (Å²) in [6.07, 6.45) is 1.63. The summed E-state index contributed by atoms with van der Waals surface area (Å²) in [4.78, 5) is 13.0. The molecule has 0 saturated carbocycles. The highest BCUT2D eigenvalue weighted by molar-refractivity contribution is 7.89. The van der Waals surface area contributed by atoms with Gasteiger partial charge in [-0.25, -0.2) is 13.1 Å². The van der Waals surface area contributed by atoms with E-state index in [1.165, 1.54) is 18.2 Å². The fourth-order valence-electron chi connectivity index (χ4n) is 1.78. The average molecular weight is 314 g/mol. The van der Waals surface area contributed by atoms with Gasteiger partial charge in [-0.1, -0.05) is 0 Å². The van der Waals surface area contributed by atoms with Crippen LogP contribution < -0.4 is 16.2 Å². The fourth-order valence-corrected chi connectivity index (χ4v) is 2.97. The van der Waals surface area contributed by atoms with Gasteiger partial charge >= 0.3 is 0 Å². The monoisotopic (exact) mass is 314 g/mol. The lowest BCUT2D eigenvalue weighted by Gasteiger charge is -2.11. The standard InChI is InChI=1S/C13H22N4O3S/c1-17(2)8-4-3-7-16-21(19,20)12-6-5-10(13(15)18)9-11(12)14/h5-6,9,16H,3-4,7-8,14H2,1-2H3,(H2,15,18). The average Bonchev–Trinajstić information content (AvgIpc) is 2.37. The summed E-state index contributed by atoms with van der Waals surface area (Å²) >= 11 is 0. The van der Waals surface area contributed by atoms with Crippen LogP contribution in [0.2, 0.25) is 0 Å². The molecule has 0 aliphatic carbocycles. The molecule has 0 radical (unpaired) electrons. The minimum Gasteiger partial charge on any atom is -0.398 e. The van der Waals surface area contributed by atoms with Gasteiger partial charge in [-0.05, 0) is 51.7 Å². The Morgan fingerprint density at radius 1 is 1.29 bits per heavy atom. The molecule has 1 rings (SSSR count). The molecule has 118 valence electrons. The van der Waals surface area contributed by atoms with Crippen LogP contribution in [0.1, 0.15) is 23.2 Å². The molecular formula is C13H22N4O3S. The molecule has 0 aliphatic heterocycles. The van der Waals surface area contributed by atoms with Gasteiger partial charge in [0.15, 0.2) is 0 Å². The van der Waals surface area contributed by atoms with Gasteiger partial charge in [0.1, 0.15) is 4.90 Å². The fraction of sp³-hybridized carbons (Fsp3) is 0.462. The Bertz CT molecular complexity index is 599. The zero-order valence-electron chi connectivity index (χ0n) is 12.3. The van der Waals surface area contributed by atoms with E-state index in [9.17, 15) is 13.2 Å². The molecule has 21 heavy (non-hydrogen) atoms. The molecule has 0 aliphatic rings. The van der Waals surface area contributed by atoms with Gasteiger partial charge in [0, 0.05) is 12.1 Å². The van der Waals surface area contributed by atoms with Crippen LogP contribution in [0.15, 0.2) is 23.1 Å². The molecule has 0 atom stereocenters. The summed E-state index contributed by atoms with van der Waals surface area (Å²) in [6.45, 7) is 1.24. The van der Waals surface area contributed by atoms with Crippen LogP contribution in [-0.2, 0) is 10.0 Å². The molecule has 5 N–H and O–H groups in total. The summed E-state index contributed by atoms with van der Waals surface area (Å²) in [6, 6.07) is 3.90. The van der Waals surface area contributed by atoms with Crippen LogP contribution in [0.5, 0.6) is 0 Å². The molecule has 1 aromatic carbocycles. The number of carbonyl (C=O) groups excluding carboxylic acids is 1. The zero-order chi connectivity index (χ0) is 16.0. The minimum absolute atomic E-state index is 0.00657. The number of benzene rings is 1. The highest BCUT2D eigenvalue weighted by atomic mass is 32.2. The van der Waals surface area contributed by atoms with Crippen molar-refractivity contribution in [3.63, 3.8) is 0 Å². The molecular weight excluding hydrogens is 292 g/mol. The number of amides is 1. The number of nitrogens with zero attached hydrogens (tertiary/aromatic N) is 1. The van der Waals surface area contributed by atoms with Crippen LogP contribution >= 0.6 is 0 Å². The first-order valence-corrected chi connectivity index (χ1v) is 8.06. The van der Waals surface area contributed by atoms with E-state index in [1.54, 1.807) is 0 Å². The van der Waals surface area contributed by atoms with Gasteiger partial charge in [0.2, 0.25) is 15.9 Å². The second-order valence-corrected chi connectivity index (χ2v) is 6.76. The number of nitrogen functional groups attached to an aromatic ring is 1. The Balaban J connectivity index is 2.68. The number of unbranched alkanes of at least 4 members (excludes halogenated alkanes) is 1. The van der Waals surface area contributed by atoms with E-state index in [4.69, 9.17) is 11.5 Å². The number of primary amides is 1. The molecule has 0 saturated heterocycles. The molecule has 0 unspecified atom stereocenters. The van der Waals surface area contributed by atoms with Crippen molar-refractivity contribution in [1.82, 2.24) is 9.62 Å². The van der Waals surface area contributed by atoms with Gasteiger partial charge in [0.25, 0.3) is 0 Å². The maximum absolute atomic E-state index is 12.1. The highest BCUT2D eigenvalue weighted by Crippen LogP contribution is 2.19. The summed E-state index contributed by atoms with van der Waals surface area (Å²) in [5, 5.41) is 0. The maximum Gasteiger partial charge on any atom is 0.248 e. The molecule has 8 heteroatoms. The molecule has 0 bridgehead atoms. The first-order valence-electron chi connectivity index (χ1n) is 6.58. The molecule has 7 nitrogen and oxygen atoms in total. The largest absolute Gasteiger partial charge is 0.398 e. The summed E-state index contributed by atoms with van der Waals surface area (Å²) in [7, 11) is 0.252. The van der Waals surface area contributed by atoms with E-state index >= 15 is 0 Å². The van der Waals surface area contributed by atoms with Crippen LogP contribution in [0.3, 0.4) is 0 Å². The topological polar surface area (TPSA) is 119 Å². The van der Waals surface area contributed by atoms with Crippen LogP contribution in [0, 0.1) is 0 Å². The second-order valence-electron chi connectivity index (χ2n) is 5.03. The first-order chi connectivity index (χ1) is 9.74. The van der Waals surface area contributed by atoms with Crippen molar-refractivity contribution in [2.24, 2.45) is 5.73 Å². The van der Waals surface area contributed by atoms with Crippen molar-refractivity contribution in [2.75, 3.05) is 32.9 Å². The van der Waals surface area contributed by atoms with E-state index in [0.29, 0.717) is 6.54 Å². The molecule has 0 aromatic heterocycles. The number of rotatable bonds is 8. The zero-order valence-corrected chi connectivity index (χ0v) is 13.1. The molecule has 1 amide bonds. The normalized spacial score (nSPS) is 11.8. The number of anilines is 1. The Morgan fingerprint density at radius 2 is 1.95 bits per heavy atom. The third-order valence-corrected chi connectivity index (χ3v) is 4.44. The quantitative estimate of drug-likeness (QED) is 0.460. The number of hydrogen-bond acceptors (Lipinski definition) is 5.